The third-order valence-electron chi connectivity index (χ3n) is 2.93. The average Bonchev–Trinajstić information content (AvgIpc) is 3.04. The number of nitrogens with one attached hydrogen (secondary N) is 1. The first-order valence-electron chi connectivity index (χ1n) is 6.67. The van der Waals surface area contributed by atoms with E-state index in [1.54, 1.807) is 31.2 Å². The van der Waals surface area contributed by atoms with Crippen LogP contribution in [0.25, 0.3) is 0 Å². The average molecular weight is 369 g/mol. The van der Waals surface area contributed by atoms with Gasteiger partial charge in [0.15, 0.2) is 0 Å². The van der Waals surface area contributed by atoms with Gasteiger partial charge in [0.1, 0.15) is 12.2 Å². The van der Waals surface area contributed by atoms with Crippen molar-refractivity contribution in [3.8, 4) is 0 Å². The minimum Gasteiger partial charge on any atom is -0.343 e. The predicted octanol–water partition coefficient (Wildman–Crippen LogP) is 1.20. The van der Waals surface area contributed by atoms with E-state index in [1.807, 2.05) is 6.92 Å². The first kappa shape index (κ1) is 16.2. The molecule has 0 aliphatic rings. The highest BCUT2D eigenvalue weighted by atomic mass is 79.9. The number of aromatic nitrogens is 4. The van der Waals surface area contributed by atoms with Crippen molar-refractivity contribution in [2.24, 2.45) is 0 Å². The lowest BCUT2D eigenvalue weighted by Crippen LogP contribution is -2.27. The highest BCUT2D eigenvalue weighted by molar-refractivity contribution is 9.10. The van der Waals surface area contributed by atoms with Gasteiger partial charge in [-0.05, 0) is 22.9 Å². The fourth-order valence-corrected chi connectivity index (χ4v) is 2.24. The van der Waals surface area contributed by atoms with Gasteiger partial charge in [-0.15, -0.1) is 0 Å². The van der Waals surface area contributed by atoms with Gasteiger partial charge in [0.25, 0.3) is 5.91 Å². The molecule has 0 spiro atoms. The van der Waals surface area contributed by atoms with Gasteiger partial charge in [-0.3, -0.25) is 19.0 Å². The summed E-state index contributed by atoms with van der Waals surface area (Å²) in [6, 6.07) is 0. The molecule has 0 atom stereocenters. The van der Waals surface area contributed by atoms with Crippen LogP contribution in [0.2, 0.25) is 0 Å². The summed E-state index contributed by atoms with van der Waals surface area (Å²) in [5.41, 5.74) is 0.763. The Balaban J connectivity index is 2.17. The van der Waals surface area contributed by atoms with Crippen LogP contribution in [0, 0.1) is 0 Å². The van der Waals surface area contributed by atoms with E-state index in [1.165, 1.54) is 15.8 Å². The van der Waals surface area contributed by atoms with Crippen molar-refractivity contribution >= 4 is 33.4 Å². The molecule has 0 fully saturated rings. The zero-order valence-corrected chi connectivity index (χ0v) is 14.2. The Morgan fingerprint density at radius 2 is 2.05 bits per heavy atom. The summed E-state index contributed by atoms with van der Waals surface area (Å²) < 4.78 is 3.85. The topological polar surface area (TPSA) is 85.0 Å². The molecule has 1 N–H and O–H groups in total. The van der Waals surface area contributed by atoms with Gasteiger partial charge in [0, 0.05) is 26.8 Å². The van der Waals surface area contributed by atoms with Crippen molar-refractivity contribution in [2.75, 3.05) is 19.4 Å². The minimum absolute atomic E-state index is 0.0541. The number of hydrogen-bond donors (Lipinski definition) is 1. The Bertz CT molecular complexity index is 691. The van der Waals surface area contributed by atoms with Crippen molar-refractivity contribution in [3.63, 3.8) is 0 Å². The second kappa shape index (κ2) is 6.73. The first-order valence-corrected chi connectivity index (χ1v) is 7.47. The van der Waals surface area contributed by atoms with E-state index >= 15 is 0 Å². The Labute approximate surface area is 136 Å². The van der Waals surface area contributed by atoms with Crippen LogP contribution >= 0.6 is 15.9 Å². The molecule has 118 valence electrons. The molecule has 0 aliphatic heterocycles. The number of carbonyl (C=O) groups is 2. The summed E-state index contributed by atoms with van der Waals surface area (Å²) >= 11 is 3.27. The van der Waals surface area contributed by atoms with E-state index in [-0.39, 0.29) is 18.4 Å². The van der Waals surface area contributed by atoms with Gasteiger partial charge < -0.3 is 10.2 Å². The van der Waals surface area contributed by atoms with Crippen LogP contribution in [0.4, 0.5) is 5.69 Å². The molecule has 0 aliphatic carbocycles. The van der Waals surface area contributed by atoms with Gasteiger partial charge >= 0.3 is 0 Å². The summed E-state index contributed by atoms with van der Waals surface area (Å²) in [4.78, 5) is 25.8. The Kier molecular flexibility index (Phi) is 4.96. The molecule has 0 saturated carbocycles. The SMILES string of the molecule is CCn1ncc(NC(=O)Cn2cc(Br)cn2)c1C(=O)N(C)C. The summed E-state index contributed by atoms with van der Waals surface area (Å²) in [6.07, 6.45) is 4.78. The molecule has 2 amide bonds. The first-order chi connectivity index (χ1) is 10.4. The number of nitrogens with zero attached hydrogens (tertiary/aromatic N) is 5. The van der Waals surface area contributed by atoms with E-state index < -0.39 is 0 Å². The summed E-state index contributed by atoms with van der Waals surface area (Å²) in [7, 11) is 3.31. The molecular formula is C13H17BrN6O2. The molecule has 2 aromatic rings. The van der Waals surface area contributed by atoms with E-state index in [4.69, 9.17) is 0 Å². The number of rotatable bonds is 5. The Morgan fingerprint density at radius 3 is 2.59 bits per heavy atom. The molecule has 9 heteroatoms. The Morgan fingerprint density at radius 1 is 1.32 bits per heavy atom. The van der Waals surface area contributed by atoms with Crippen LogP contribution in [0.1, 0.15) is 17.4 Å². The van der Waals surface area contributed by atoms with Crippen LogP contribution < -0.4 is 5.32 Å². The molecule has 2 aromatic heterocycles. The number of carbonyl (C=O) groups excluding carboxylic acids is 2. The van der Waals surface area contributed by atoms with Crippen molar-refractivity contribution in [2.45, 2.75) is 20.0 Å². The maximum atomic E-state index is 12.2. The number of anilines is 1. The maximum Gasteiger partial charge on any atom is 0.273 e. The fourth-order valence-electron chi connectivity index (χ4n) is 1.92. The Hall–Kier alpha value is -2.16. The monoisotopic (exact) mass is 368 g/mol. The van der Waals surface area contributed by atoms with Crippen LogP contribution in [0.15, 0.2) is 23.1 Å². The van der Waals surface area contributed by atoms with Gasteiger partial charge in [-0.1, -0.05) is 0 Å². The van der Waals surface area contributed by atoms with E-state index in [9.17, 15) is 9.59 Å². The zero-order valence-electron chi connectivity index (χ0n) is 12.6. The quantitative estimate of drug-likeness (QED) is 0.859. The lowest BCUT2D eigenvalue weighted by atomic mass is 10.3. The second-order valence-corrected chi connectivity index (χ2v) is 5.74. The molecule has 0 radical (unpaired) electrons. The zero-order chi connectivity index (χ0) is 16.3. The lowest BCUT2D eigenvalue weighted by molar-refractivity contribution is -0.116. The standard InChI is InChI=1S/C13H17BrN6O2/c1-4-20-12(13(22)18(2)3)10(6-16-20)17-11(21)8-19-7-9(14)5-15-19/h5-7H,4,8H2,1-3H3,(H,17,21). The highest BCUT2D eigenvalue weighted by Gasteiger charge is 2.21. The lowest BCUT2D eigenvalue weighted by Gasteiger charge is -2.13. The molecule has 0 saturated heterocycles. The van der Waals surface area contributed by atoms with Crippen LogP contribution in [-0.2, 0) is 17.9 Å². The number of aryl methyl sites for hydroxylation is 1. The molecule has 2 rings (SSSR count). The highest BCUT2D eigenvalue weighted by Crippen LogP contribution is 2.17. The second-order valence-electron chi connectivity index (χ2n) is 4.83. The molecule has 2 heterocycles. The van der Waals surface area contributed by atoms with Crippen LogP contribution in [-0.4, -0.2) is 50.4 Å². The third kappa shape index (κ3) is 3.53. The molecule has 8 nitrogen and oxygen atoms in total. The van der Waals surface area contributed by atoms with Crippen LogP contribution in [0.3, 0.4) is 0 Å². The van der Waals surface area contributed by atoms with Crippen molar-refractivity contribution in [1.29, 1.82) is 0 Å². The molecule has 0 unspecified atom stereocenters. The third-order valence-corrected chi connectivity index (χ3v) is 3.34. The molecule has 0 bridgehead atoms. The predicted molar refractivity (Wildman–Crippen MR) is 84.5 cm³/mol. The largest absolute Gasteiger partial charge is 0.343 e. The van der Waals surface area contributed by atoms with E-state index in [0.717, 1.165) is 4.47 Å². The van der Waals surface area contributed by atoms with Crippen molar-refractivity contribution in [1.82, 2.24) is 24.5 Å². The maximum absolute atomic E-state index is 12.2. The van der Waals surface area contributed by atoms with Gasteiger partial charge in [-0.2, -0.15) is 10.2 Å². The van der Waals surface area contributed by atoms with Crippen molar-refractivity contribution in [3.05, 3.63) is 28.8 Å². The van der Waals surface area contributed by atoms with Gasteiger partial charge in [-0.25, -0.2) is 0 Å². The van der Waals surface area contributed by atoms with Crippen LogP contribution in [0.5, 0.6) is 0 Å². The van der Waals surface area contributed by atoms with Gasteiger partial charge in [0.05, 0.1) is 22.6 Å². The molecule has 0 aromatic carbocycles. The summed E-state index contributed by atoms with van der Waals surface area (Å²) in [5, 5.41) is 10.9. The summed E-state index contributed by atoms with van der Waals surface area (Å²) in [5.74, 6) is -0.490. The normalized spacial score (nSPS) is 10.5. The summed E-state index contributed by atoms with van der Waals surface area (Å²) in [6.45, 7) is 2.47. The number of amides is 2. The number of hydrogen-bond acceptors (Lipinski definition) is 4. The smallest absolute Gasteiger partial charge is 0.273 e. The van der Waals surface area contributed by atoms with E-state index in [2.05, 4.69) is 31.4 Å². The van der Waals surface area contributed by atoms with Crippen molar-refractivity contribution < 1.29 is 9.59 Å². The van der Waals surface area contributed by atoms with E-state index in [0.29, 0.717) is 17.9 Å². The van der Waals surface area contributed by atoms with Gasteiger partial charge in [0.2, 0.25) is 5.91 Å². The molecule has 22 heavy (non-hydrogen) atoms. The molecular weight excluding hydrogens is 352 g/mol. The fraction of sp³-hybridized carbons (Fsp3) is 0.385. The number of halogens is 1. The minimum atomic E-state index is -0.279.